The summed E-state index contributed by atoms with van der Waals surface area (Å²) in [6.07, 6.45) is 3.89. The van der Waals surface area contributed by atoms with Crippen molar-refractivity contribution < 1.29 is 13.5 Å². The van der Waals surface area contributed by atoms with Crippen LogP contribution in [-0.2, 0) is 16.6 Å². The molecule has 0 aromatic heterocycles. The van der Waals surface area contributed by atoms with Crippen molar-refractivity contribution in [3.63, 3.8) is 0 Å². The second kappa shape index (κ2) is 6.56. The average Bonchev–Trinajstić information content (AvgIpc) is 2.41. The summed E-state index contributed by atoms with van der Waals surface area (Å²) in [5.74, 6) is 0.681. The van der Waals surface area contributed by atoms with Crippen molar-refractivity contribution >= 4 is 26.0 Å². The highest BCUT2D eigenvalue weighted by molar-refractivity contribution is 9.10. The molecule has 112 valence electrons. The van der Waals surface area contributed by atoms with Gasteiger partial charge in [0.1, 0.15) is 0 Å². The Morgan fingerprint density at radius 1 is 1.30 bits per heavy atom. The lowest BCUT2D eigenvalue weighted by Gasteiger charge is -2.26. The van der Waals surface area contributed by atoms with Crippen molar-refractivity contribution in [2.24, 2.45) is 5.92 Å². The summed E-state index contributed by atoms with van der Waals surface area (Å²) in [6, 6.07) is 4.88. The molecule has 2 N–H and O–H groups in total. The van der Waals surface area contributed by atoms with E-state index in [4.69, 9.17) is 5.11 Å². The molecule has 1 aromatic carbocycles. The van der Waals surface area contributed by atoms with Crippen LogP contribution in [0.1, 0.15) is 38.2 Å². The molecule has 2 rings (SSSR count). The summed E-state index contributed by atoms with van der Waals surface area (Å²) in [4.78, 5) is 0.197. The highest BCUT2D eigenvalue weighted by atomic mass is 79.9. The van der Waals surface area contributed by atoms with Crippen molar-refractivity contribution in [1.82, 2.24) is 4.72 Å². The molecule has 4 nitrogen and oxygen atoms in total. The molecule has 0 aliphatic heterocycles. The number of halogens is 1. The first kappa shape index (κ1) is 15.9. The Morgan fingerprint density at radius 3 is 2.55 bits per heavy atom. The monoisotopic (exact) mass is 361 g/mol. The van der Waals surface area contributed by atoms with E-state index in [1.807, 2.05) is 0 Å². The Labute approximate surface area is 128 Å². The van der Waals surface area contributed by atoms with Crippen LogP contribution in [-0.4, -0.2) is 19.6 Å². The second-order valence-electron chi connectivity index (χ2n) is 5.50. The number of hydrogen-bond donors (Lipinski definition) is 2. The Balaban J connectivity index is 2.18. The third-order valence-electron chi connectivity index (χ3n) is 3.81. The van der Waals surface area contributed by atoms with E-state index in [0.29, 0.717) is 16.0 Å². The van der Waals surface area contributed by atoms with Crippen LogP contribution in [0.4, 0.5) is 0 Å². The molecule has 1 saturated carbocycles. The quantitative estimate of drug-likeness (QED) is 0.866. The molecule has 20 heavy (non-hydrogen) atoms. The lowest BCUT2D eigenvalue weighted by atomic mass is 9.88. The van der Waals surface area contributed by atoms with Gasteiger partial charge in [-0.25, -0.2) is 13.1 Å². The summed E-state index contributed by atoms with van der Waals surface area (Å²) in [5, 5.41) is 9.14. The minimum Gasteiger partial charge on any atom is -0.392 e. The Hall–Kier alpha value is -0.430. The molecule has 1 aliphatic rings. The smallest absolute Gasteiger partial charge is 0.241 e. The first-order chi connectivity index (χ1) is 9.42. The number of benzene rings is 1. The molecule has 1 aliphatic carbocycles. The number of aliphatic hydroxyl groups is 1. The minimum absolute atomic E-state index is 0.0147. The first-order valence-corrected chi connectivity index (χ1v) is 9.11. The molecule has 0 heterocycles. The summed E-state index contributed by atoms with van der Waals surface area (Å²) in [7, 11) is -3.55. The summed E-state index contributed by atoms with van der Waals surface area (Å²) in [6.45, 7) is 2.03. The van der Waals surface area contributed by atoms with Crippen molar-refractivity contribution in [3.8, 4) is 0 Å². The van der Waals surface area contributed by atoms with E-state index in [2.05, 4.69) is 27.6 Å². The molecular formula is C14H20BrNO3S. The minimum atomic E-state index is -3.55. The maximum Gasteiger partial charge on any atom is 0.241 e. The number of rotatable bonds is 4. The fourth-order valence-corrected chi connectivity index (χ4v) is 4.83. The molecular weight excluding hydrogens is 342 g/mol. The van der Waals surface area contributed by atoms with Crippen LogP contribution in [0, 0.1) is 5.92 Å². The van der Waals surface area contributed by atoms with Crippen LogP contribution < -0.4 is 4.72 Å². The Bertz CT molecular complexity index is 566. The van der Waals surface area contributed by atoms with Gasteiger partial charge >= 0.3 is 0 Å². The van der Waals surface area contributed by atoms with Crippen molar-refractivity contribution in [2.75, 3.05) is 0 Å². The maximum absolute atomic E-state index is 12.4. The van der Waals surface area contributed by atoms with E-state index in [-0.39, 0.29) is 17.5 Å². The van der Waals surface area contributed by atoms with Crippen LogP contribution in [0.25, 0.3) is 0 Å². The third-order valence-corrected chi connectivity index (χ3v) is 6.32. The van der Waals surface area contributed by atoms with E-state index < -0.39 is 10.0 Å². The van der Waals surface area contributed by atoms with E-state index in [1.54, 1.807) is 12.1 Å². The maximum atomic E-state index is 12.4. The summed E-state index contributed by atoms with van der Waals surface area (Å²) in [5.41, 5.74) is 0.589. The fourth-order valence-electron chi connectivity index (χ4n) is 2.51. The second-order valence-corrected chi connectivity index (χ2v) is 8.04. The zero-order valence-corrected chi connectivity index (χ0v) is 13.9. The van der Waals surface area contributed by atoms with Gasteiger partial charge in [0.05, 0.1) is 11.5 Å². The van der Waals surface area contributed by atoms with Gasteiger partial charge in [-0.2, -0.15) is 0 Å². The van der Waals surface area contributed by atoms with Crippen molar-refractivity contribution in [1.29, 1.82) is 0 Å². The van der Waals surface area contributed by atoms with Crippen LogP contribution in [0.5, 0.6) is 0 Å². The normalized spacial score (nSPS) is 23.8. The largest absolute Gasteiger partial charge is 0.392 e. The van der Waals surface area contributed by atoms with E-state index >= 15 is 0 Å². The van der Waals surface area contributed by atoms with Crippen LogP contribution in [0.2, 0.25) is 0 Å². The van der Waals surface area contributed by atoms with Crippen LogP contribution in [0.3, 0.4) is 0 Å². The third kappa shape index (κ3) is 3.81. The number of sulfonamides is 1. The zero-order chi connectivity index (χ0) is 14.8. The highest BCUT2D eigenvalue weighted by Gasteiger charge is 2.25. The van der Waals surface area contributed by atoms with E-state index in [9.17, 15) is 8.42 Å². The fraction of sp³-hybridized carbons (Fsp3) is 0.571. The van der Waals surface area contributed by atoms with Crippen LogP contribution in [0.15, 0.2) is 27.6 Å². The predicted molar refractivity (Wildman–Crippen MR) is 81.8 cm³/mol. The zero-order valence-electron chi connectivity index (χ0n) is 11.5. The molecule has 1 aromatic rings. The lowest BCUT2D eigenvalue weighted by Crippen LogP contribution is -2.37. The lowest BCUT2D eigenvalue weighted by molar-refractivity contribution is 0.281. The van der Waals surface area contributed by atoms with Crippen molar-refractivity contribution in [2.45, 2.75) is 50.2 Å². The first-order valence-electron chi connectivity index (χ1n) is 6.84. The average molecular weight is 362 g/mol. The van der Waals surface area contributed by atoms with Gasteiger partial charge in [-0.05, 0) is 65.2 Å². The van der Waals surface area contributed by atoms with Gasteiger partial charge in [0.2, 0.25) is 10.0 Å². The molecule has 0 atom stereocenters. The van der Waals surface area contributed by atoms with Gasteiger partial charge in [-0.15, -0.1) is 0 Å². The molecule has 0 saturated heterocycles. The van der Waals surface area contributed by atoms with Gasteiger partial charge in [0, 0.05) is 10.5 Å². The number of aliphatic hydroxyl groups excluding tert-OH is 1. The molecule has 0 spiro atoms. The van der Waals surface area contributed by atoms with Gasteiger partial charge in [0.15, 0.2) is 0 Å². The Kier molecular flexibility index (Phi) is 5.23. The van der Waals surface area contributed by atoms with Gasteiger partial charge < -0.3 is 5.11 Å². The molecule has 6 heteroatoms. The van der Waals surface area contributed by atoms with Crippen molar-refractivity contribution in [3.05, 3.63) is 28.2 Å². The molecule has 0 unspecified atom stereocenters. The standard InChI is InChI=1S/C14H20BrNO3S/c1-10-2-5-12(6-3-10)16-20(18,19)14-8-11(9-17)4-7-13(14)15/h4,7-8,10,12,16-17H,2-3,5-6,9H2,1H3. The van der Waals surface area contributed by atoms with Gasteiger partial charge in [-0.3, -0.25) is 0 Å². The van der Waals surface area contributed by atoms with Gasteiger partial charge in [0.25, 0.3) is 0 Å². The molecule has 0 amide bonds. The van der Waals surface area contributed by atoms with E-state index in [1.165, 1.54) is 6.07 Å². The predicted octanol–water partition coefficient (Wildman–Crippen LogP) is 2.80. The molecule has 0 radical (unpaired) electrons. The Morgan fingerprint density at radius 2 is 1.95 bits per heavy atom. The highest BCUT2D eigenvalue weighted by Crippen LogP contribution is 2.27. The summed E-state index contributed by atoms with van der Waals surface area (Å²) >= 11 is 3.27. The number of nitrogens with one attached hydrogen (secondary N) is 1. The summed E-state index contributed by atoms with van der Waals surface area (Å²) < 4.78 is 28.2. The molecule has 1 fully saturated rings. The van der Waals surface area contributed by atoms with Gasteiger partial charge in [-0.1, -0.05) is 13.0 Å². The topological polar surface area (TPSA) is 66.4 Å². The number of hydrogen-bond acceptors (Lipinski definition) is 3. The van der Waals surface area contributed by atoms with Crippen LogP contribution >= 0.6 is 15.9 Å². The molecule has 0 bridgehead atoms. The van der Waals surface area contributed by atoms with E-state index in [0.717, 1.165) is 25.7 Å². The SMILES string of the molecule is CC1CCC(NS(=O)(=O)c2cc(CO)ccc2Br)CC1.